The monoisotopic (exact) mass is 250 g/mol. The summed E-state index contributed by atoms with van der Waals surface area (Å²) in [5.74, 6) is 0.776. The largest absolute Gasteiger partial charge is 0.390 e. The van der Waals surface area contributed by atoms with Crippen LogP contribution in [0.1, 0.15) is 12.1 Å². The summed E-state index contributed by atoms with van der Waals surface area (Å²) in [6.07, 6.45) is -3.25. The summed E-state index contributed by atoms with van der Waals surface area (Å²) in [6, 6.07) is 0. The Kier molecular flexibility index (Phi) is 4.39. The van der Waals surface area contributed by atoms with Gasteiger partial charge in [-0.15, -0.1) is 0 Å². The van der Waals surface area contributed by atoms with Crippen LogP contribution < -0.4 is 10.2 Å². The van der Waals surface area contributed by atoms with Crippen LogP contribution in [0, 0.1) is 0 Å². The quantitative estimate of drug-likeness (QED) is 0.804. The minimum Gasteiger partial charge on any atom is -0.348 e. The van der Waals surface area contributed by atoms with Gasteiger partial charge in [0.25, 0.3) is 0 Å². The van der Waals surface area contributed by atoms with Crippen molar-refractivity contribution >= 4 is 5.95 Å². The summed E-state index contributed by atoms with van der Waals surface area (Å²) < 4.78 is 37.6. The summed E-state index contributed by atoms with van der Waals surface area (Å²) in [5, 5.41) is 2.75. The van der Waals surface area contributed by atoms with E-state index in [9.17, 15) is 13.2 Å². The minimum atomic E-state index is -4.10. The Hall–Kier alpha value is -1.24. The average molecular weight is 250 g/mol. The van der Waals surface area contributed by atoms with Crippen LogP contribution in [0.4, 0.5) is 19.1 Å². The Morgan fingerprint density at radius 3 is 2.53 bits per heavy atom. The van der Waals surface area contributed by atoms with Gasteiger partial charge in [-0.2, -0.15) is 13.2 Å². The number of hydrogen-bond donors (Lipinski definition) is 1. The van der Waals surface area contributed by atoms with Crippen LogP contribution in [0.15, 0.2) is 6.20 Å². The molecule has 0 atom stereocenters. The molecular weight excluding hydrogens is 233 g/mol. The lowest BCUT2D eigenvalue weighted by Gasteiger charge is -2.13. The van der Waals surface area contributed by atoms with E-state index in [0.29, 0.717) is 6.54 Å². The van der Waals surface area contributed by atoms with Crippen LogP contribution >= 0.6 is 0 Å². The molecule has 0 unspecified atom stereocenters. The highest BCUT2D eigenvalue weighted by atomic mass is 19.4. The van der Waals surface area contributed by atoms with E-state index < -0.39 is 12.6 Å². The van der Waals surface area contributed by atoms with Crippen molar-refractivity contribution in [3.05, 3.63) is 11.9 Å². The molecule has 0 fully saturated rings. The number of anilines is 1. The van der Waals surface area contributed by atoms with Crippen LogP contribution in [-0.2, 0) is 13.6 Å². The first-order valence-corrected chi connectivity index (χ1v) is 5.26. The van der Waals surface area contributed by atoms with Crippen molar-refractivity contribution in [2.75, 3.05) is 25.5 Å². The van der Waals surface area contributed by atoms with Gasteiger partial charge in [0, 0.05) is 34.2 Å². The van der Waals surface area contributed by atoms with Crippen molar-refractivity contribution in [1.29, 1.82) is 0 Å². The molecule has 98 valence electrons. The summed E-state index contributed by atoms with van der Waals surface area (Å²) in [5.41, 5.74) is 0.857. The Morgan fingerprint density at radius 2 is 2.06 bits per heavy atom. The molecule has 0 saturated carbocycles. The Labute approximate surface area is 98.4 Å². The first-order chi connectivity index (χ1) is 7.81. The third kappa shape index (κ3) is 4.26. The highest BCUT2D eigenvalue weighted by Crippen LogP contribution is 2.18. The molecule has 0 bridgehead atoms. The molecule has 1 aromatic rings. The molecule has 4 nitrogen and oxygen atoms in total. The Bertz CT molecular complexity index is 357. The molecule has 17 heavy (non-hydrogen) atoms. The number of rotatable bonds is 5. The average Bonchev–Trinajstić information content (AvgIpc) is 2.53. The van der Waals surface area contributed by atoms with Crippen molar-refractivity contribution in [3.8, 4) is 0 Å². The molecular formula is C10H17F3N4. The van der Waals surface area contributed by atoms with Gasteiger partial charge in [0.05, 0.1) is 18.3 Å². The van der Waals surface area contributed by atoms with E-state index in [2.05, 4.69) is 10.3 Å². The second kappa shape index (κ2) is 5.39. The predicted molar refractivity (Wildman–Crippen MR) is 59.9 cm³/mol. The standard InChI is InChI=1S/C10H17F3N4/c1-16(2)9-15-7-8(17(9)3)6-14-5-4-10(11,12)13/h7,14H,4-6H2,1-3H3. The lowest BCUT2D eigenvalue weighted by Crippen LogP contribution is -2.22. The molecule has 0 aromatic carbocycles. The number of alkyl halides is 3. The van der Waals surface area contributed by atoms with E-state index in [4.69, 9.17) is 0 Å². The molecule has 7 heteroatoms. The van der Waals surface area contributed by atoms with Crippen molar-refractivity contribution < 1.29 is 13.2 Å². The fraction of sp³-hybridized carbons (Fsp3) is 0.700. The number of hydrogen-bond acceptors (Lipinski definition) is 3. The van der Waals surface area contributed by atoms with Gasteiger partial charge in [0.1, 0.15) is 0 Å². The van der Waals surface area contributed by atoms with Gasteiger partial charge >= 0.3 is 6.18 Å². The van der Waals surface area contributed by atoms with E-state index in [1.165, 1.54) is 0 Å². The van der Waals surface area contributed by atoms with Gasteiger partial charge < -0.3 is 14.8 Å². The van der Waals surface area contributed by atoms with Gasteiger partial charge in [0.15, 0.2) is 0 Å². The number of aromatic nitrogens is 2. The molecule has 0 saturated heterocycles. The molecule has 1 rings (SSSR count). The molecule has 0 aliphatic rings. The fourth-order valence-electron chi connectivity index (χ4n) is 1.46. The number of nitrogens with one attached hydrogen (secondary N) is 1. The smallest absolute Gasteiger partial charge is 0.348 e. The molecule has 0 spiro atoms. The lowest BCUT2D eigenvalue weighted by molar-refractivity contribution is -0.133. The molecule has 0 aliphatic carbocycles. The number of halogens is 3. The van der Waals surface area contributed by atoms with Gasteiger partial charge in [0.2, 0.25) is 5.95 Å². The zero-order valence-corrected chi connectivity index (χ0v) is 10.2. The predicted octanol–water partition coefficient (Wildman–Crippen LogP) is 1.53. The highest BCUT2D eigenvalue weighted by molar-refractivity contribution is 5.30. The van der Waals surface area contributed by atoms with Crippen molar-refractivity contribution in [3.63, 3.8) is 0 Å². The Balaban J connectivity index is 2.43. The zero-order chi connectivity index (χ0) is 13.1. The fourth-order valence-corrected chi connectivity index (χ4v) is 1.46. The zero-order valence-electron chi connectivity index (χ0n) is 10.2. The SMILES string of the molecule is CN(C)c1ncc(CNCCC(F)(F)F)n1C. The maximum absolute atomic E-state index is 11.9. The molecule has 0 radical (unpaired) electrons. The summed E-state index contributed by atoms with van der Waals surface area (Å²) in [6.45, 7) is 0.305. The molecule has 1 N–H and O–H groups in total. The van der Waals surface area contributed by atoms with Crippen molar-refractivity contribution in [2.45, 2.75) is 19.1 Å². The van der Waals surface area contributed by atoms with E-state index in [-0.39, 0.29) is 6.54 Å². The third-order valence-corrected chi connectivity index (χ3v) is 2.35. The van der Waals surface area contributed by atoms with E-state index in [0.717, 1.165) is 11.6 Å². The molecule has 0 amide bonds. The van der Waals surface area contributed by atoms with Crippen molar-refractivity contribution in [2.24, 2.45) is 7.05 Å². The highest BCUT2D eigenvalue weighted by Gasteiger charge is 2.25. The molecule has 1 heterocycles. The van der Waals surface area contributed by atoms with Crippen LogP contribution in [0.5, 0.6) is 0 Å². The van der Waals surface area contributed by atoms with Crippen LogP contribution in [0.3, 0.4) is 0 Å². The van der Waals surface area contributed by atoms with Gasteiger partial charge in [-0.05, 0) is 0 Å². The van der Waals surface area contributed by atoms with Crippen LogP contribution in [0.2, 0.25) is 0 Å². The third-order valence-electron chi connectivity index (χ3n) is 2.35. The second-order valence-electron chi connectivity index (χ2n) is 4.04. The van der Waals surface area contributed by atoms with Gasteiger partial charge in [-0.25, -0.2) is 4.98 Å². The minimum absolute atomic E-state index is 0.0774. The number of nitrogens with zero attached hydrogens (tertiary/aromatic N) is 3. The maximum Gasteiger partial charge on any atom is 0.390 e. The normalized spacial score (nSPS) is 11.9. The van der Waals surface area contributed by atoms with E-state index in [1.807, 2.05) is 30.6 Å². The van der Waals surface area contributed by atoms with Crippen LogP contribution in [0.25, 0.3) is 0 Å². The van der Waals surface area contributed by atoms with Gasteiger partial charge in [-0.1, -0.05) is 0 Å². The van der Waals surface area contributed by atoms with Gasteiger partial charge in [-0.3, -0.25) is 0 Å². The number of imidazole rings is 1. The second-order valence-corrected chi connectivity index (χ2v) is 4.04. The summed E-state index contributed by atoms with van der Waals surface area (Å²) in [7, 11) is 5.56. The first kappa shape index (κ1) is 13.8. The summed E-state index contributed by atoms with van der Waals surface area (Å²) in [4.78, 5) is 6.02. The Morgan fingerprint density at radius 1 is 1.41 bits per heavy atom. The van der Waals surface area contributed by atoms with Crippen LogP contribution in [-0.4, -0.2) is 36.4 Å². The summed E-state index contributed by atoms with van der Waals surface area (Å²) >= 11 is 0. The topological polar surface area (TPSA) is 33.1 Å². The van der Waals surface area contributed by atoms with E-state index >= 15 is 0 Å². The lowest BCUT2D eigenvalue weighted by atomic mass is 10.4. The molecule has 1 aromatic heterocycles. The first-order valence-electron chi connectivity index (χ1n) is 5.26. The maximum atomic E-state index is 11.9. The van der Waals surface area contributed by atoms with Crippen molar-refractivity contribution in [1.82, 2.24) is 14.9 Å². The van der Waals surface area contributed by atoms with E-state index in [1.54, 1.807) is 6.20 Å². The molecule has 0 aliphatic heterocycles.